The molecule has 0 amide bonds. The first-order valence-electron chi connectivity index (χ1n) is 19.9. The van der Waals surface area contributed by atoms with Gasteiger partial charge in [-0.2, -0.15) is 0 Å². The lowest BCUT2D eigenvalue weighted by molar-refractivity contribution is 0.531. The molecule has 0 saturated carbocycles. The van der Waals surface area contributed by atoms with Crippen LogP contribution in [0.4, 0.5) is 0 Å². The summed E-state index contributed by atoms with van der Waals surface area (Å²) in [6.45, 7) is 8.66. The Morgan fingerprint density at radius 2 is 0.628 bits per heavy atom. The minimum absolute atomic E-state index is 0.890. The van der Waals surface area contributed by atoms with Gasteiger partial charge in [0.2, 0.25) is 0 Å². The Balaban J connectivity index is 2.04. The normalized spacial score (nSPS) is 11.5. The lowest BCUT2D eigenvalue weighted by Gasteiger charge is -2.09. The van der Waals surface area contributed by atoms with Crippen LogP contribution in [0.25, 0.3) is 0 Å². The van der Waals surface area contributed by atoms with Gasteiger partial charge in [-0.3, -0.25) is 0 Å². The van der Waals surface area contributed by atoms with Gasteiger partial charge in [-0.1, -0.05) is 201 Å². The second-order valence-electron chi connectivity index (χ2n) is 13.8. The molecule has 0 atom stereocenters. The molecule has 1 radical (unpaired) electrons. The van der Waals surface area contributed by atoms with Crippen molar-refractivity contribution < 1.29 is 0 Å². The van der Waals surface area contributed by atoms with E-state index in [1.165, 1.54) is 204 Å². The second-order valence-corrected chi connectivity index (χ2v) is 13.8. The van der Waals surface area contributed by atoms with E-state index in [1.54, 1.807) is 0 Å². The van der Waals surface area contributed by atoms with Gasteiger partial charge in [-0.15, -0.1) is 0 Å². The number of aromatic nitrogens is 2. The van der Waals surface area contributed by atoms with Crippen molar-refractivity contribution in [1.82, 2.24) is 9.97 Å². The van der Waals surface area contributed by atoms with Crippen molar-refractivity contribution in [3.8, 4) is 0 Å². The van der Waals surface area contributed by atoms with Crippen molar-refractivity contribution >= 4 is 0 Å². The van der Waals surface area contributed by atoms with Crippen LogP contribution in [0.15, 0.2) is 6.07 Å². The molecular formula is C41H77N2. The van der Waals surface area contributed by atoms with Crippen molar-refractivity contribution in [2.24, 2.45) is 0 Å². The van der Waals surface area contributed by atoms with Crippen LogP contribution in [0.2, 0.25) is 0 Å². The van der Waals surface area contributed by atoms with E-state index in [4.69, 9.17) is 9.97 Å². The Labute approximate surface area is 271 Å². The van der Waals surface area contributed by atoms with E-state index >= 15 is 0 Å². The minimum atomic E-state index is 0.890. The second kappa shape index (κ2) is 32.5. The van der Waals surface area contributed by atoms with Gasteiger partial charge in [-0.25, -0.2) is 9.97 Å². The molecule has 0 N–H and O–H groups in total. The predicted molar refractivity (Wildman–Crippen MR) is 193 cm³/mol. The summed E-state index contributed by atoms with van der Waals surface area (Å²) >= 11 is 0. The van der Waals surface area contributed by atoms with Gasteiger partial charge in [0.05, 0.1) is 0 Å². The number of hydrogen-bond donors (Lipinski definition) is 0. The number of rotatable bonds is 34. The highest BCUT2D eigenvalue weighted by atomic mass is 14.9. The number of aryl methyl sites for hydroxylation is 3. The predicted octanol–water partition coefficient (Wildman–Crippen LogP) is 14.1. The Morgan fingerprint density at radius 1 is 0.372 bits per heavy atom. The van der Waals surface area contributed by atoms with E-state index in [0.29, 0.717) is 0 Å². The summed E-state index contributed by atoms with van der Waals surface area (Å²) in [5.74, 6) is 1.03. The number of unbranched alkanes of at least 4 members (excludes halogenated alkanes) is 28. The monoisotopic (exact) mass is 598 g/mol. The van der Waals surface area contributed by atoms with Crippen LogP contribution in [0.1, 0.15) is 230 Å². The third-order valence-electron chi connectivity index (χ3n) is 9.35. The summed E-state index contributed by atoms with van der Waals surface area (Å²) in [6, 6.07) is 2.32. The molecule has 251 valence electrons. The first-order chi connectivity index (χ1) is 21.3. The summed E-state index contributed by atoms with van der Waals surface area (Å²) in [5.41, 5.74) is 2.56. The van der Waals surface area contributed by atoms with Crippen LogP contribution < -0.4 is 0 Å². The zero-order valence-electron chi connectivity index (χ0n) is 29.7. The summed E-state index contributed by atoms with van der Waals surface area (Å²) in [4.78, 5) is 9.79. The first-order valence-corrected chi connectivity index (χ1v) is 19.9. The average molecular weight is 598 g/mol. The van der Waals surface area contributed by atoms with E-state index in [1.807, 2.05) is 0 Å². The van der Waals surface area contributed by atoms with Gasteiger partial charge in [0.25, 0.3) is 0 Å². The Hall–Kier alpha value is -0.920. The average Bonchev–Trinajstić information content (AvgIpc) is 3.01. The molecular weight excluding hydrogens is 520 g/mol. The fourth-order valence-electron chi connectivity index (χ4n) is 6.49. The SMILES string of the molecule is [CH2]CCc1nc(CCCCCCCCCCCCCCCCC)cc(CCCCCCCCCCCCCCCCC)n1. The minimum Gasteiger partial charge on any atom is -0.238 e. The highest BCUT2D eigenvalue weighted by Gasteiger charge is 2.06. The Morgan fingerprint density at radius 3 is 0.884 bits per heavy atom. The van der Waals surface area contributed by atoms with Crippen LogP contribution in [0, 0.1) is 6.92 Å². The third kappa shape index (κ3) is 27.1. The molecule has 0 fully saturated rings. The molecule has 2 heteroatoms. The van der Waals surface area contributed by atoms with Crippen LogP contribution >= 0.6 is 0 Å². The van der Waals surface area contributed by atoms with E-state index in [0.717, 1.165) is 31.5 Å². The molecule has 0 saturated heterocycles. The van der Waals surface area contributed by atoms with Crippen LogP contribution in [-0.4, -0.2) is 9.97 Å². The van der Waals surface area contributed by atoms with Crippen molar-refractivity contribution in [2.45, 2.75) is 232 Å². The summed E-state index contributed by atoms with van der Waals surface area (Å²) in [5, 5.41) is 0. The van der Waals surface area contributed by atoms with Gasteiger partial charge in [0.15, 0.2) is 0 Å². The maximum Gasteiger partial charge on any atom is 0.128 e. The molecule has 1 rings (SSSR count). The zero-order chi connectivity index (χ0) is 30.9. The quantitative estimate of drug-likeness (QED) is 0.0738. The molecule has 0 aliphatic carbocycles. The molecule has 0 aliphatic heterocycles. The smallest absolute Gasteiger partial charge is 0.128 e. The van der Waals surface area contributed by atoms with E-state index in [-0.39, 0.29) is 0 Å². The summed E-state index contributed by atoms with van der Waals surface area (Å²) in [7, 11) is 0. The molecule has 0 aliphatic rings. The summed E-state index contributed by atoms with van der Waals surface area (Å²) < 4.78 is 0. The molecule has 1 heterocycles. The van der Waals surface area contributed by atoms with Gasteiger partial charge in [-0.05, 0) is 38.2 Å². The fourth-order valence-corrected chi connectivity index (χ4v) is 6.49. The van der Waals surface area contributed by atoms with E-state index in [2.05, 4.69) is 26.8 Å². The van der Waals surface area contributed by atoms with Crippen molar-refractivity contribution in [3.63, 3.8) is 0 Å². The van der Waals surface area contributed by atoms with Gasteiger partial charge < -0.3 is 0 Å². The van der Waals surface area contributed by atoms with E-state index < -0.39 is 0 Å². The lowest BCUT2D eigenvalue weighted by atomic mass is 10.0. The Kier molecular flexibility index (Phi) is 30.3. The highest BCUT2D eigenvalue weighted by Crippen LogP contribution is 2.17. The number of hydrogen-bond acceptors (Lipinski definition) is 2. The standard InChI is InChI=1S/C41H77N2/c1-4-7-9-11-13-15-17-19-21-23-25-27-29-31-33-36-39-38-40(43-41(42-39)35-6-3)37-34-32-30-28-26-24-22-20-18-16-14-12-10-8-5-2/h38H,3-37H2,1-2H3. The highest BCUT2D eigenvalue weighted by molar-refractivity contribution is 5.12. The maximum atomic E-state index is 4.90. The Bertz CT molecular complexity index is 632. The molecule has 43 heavy (non-hydrogen) atoms. The van der Waals surface area contributed by atoms with Crippen LogP contribution in [0.3, 0.4) is 0 Å². The summed E-state index contributed by atoms with van der Waals surface area (Å²) in [6.07, 6.45) is 46.6. The lowest BCUT2D eigenvalue weighted by Crippen LogP contribution is -2.04. The molecule has 1 aromatic heterocycles. The molecule has 2 nitrogen and oxygen atoms in total. The van der Waals surface area contributed by atoms with Crippen molar-refractivity contribution in [1.29, 1.82) is 0 Å². The van der Waals surface area contributed by atoms with Gasteiger partial charge >= 0.3 is 0 Å². The first kappa shape index (κ1) is 40.1. The molecule has 1 aromatic rings. The molecule has 0 spiro atoms. The molecule has 0 aromatic carbocycles. The topological polar surface area (TPSA) is 25.8 Å². The zero-order valence-corrected chi connectivity index (χ0v) is 29.7. The maximum absolute atomic E-state index is 4.90. The largest absolute Gasteiger partial charge is 0.238 e. The van der Waals surface area contributed by atoms with Crippen LogP contribution in [0.5, 0.6) is 0 Å². The molecule has 0 bridgehead atoms. The van der Waals surface area contributed by atoms with Gasteiger partial charge in [0.1, 0.15) is 5.82 Å². The molecule has 0 unspecified atom stereocenters. The third-order valence-corrected chi connectivity index (χ3v) is 9.35. The van der Waals surface area contributed by atoms with Crippen LogP contribution in [-0.2, 0) is 19.3 Å². The number of nitrogens with zero attached hydrogens (tertiary/aromatic N) is 2. The fraction of sp³-hybridized carbons (Fsp3) is 0.878. The van der Waals surface area contributed by atoms with Crippen molar-refractivity contribution in [3.05, 3.63) is 30.2 Å². The van der Waals surface area contributed by atoms with Gasteiger partial charge in [0, 0.05) is 17.8 Å². The van der Waals surface area contributed by atoms with E-state index in [9.17, 15) is 0 Å². The van der Waals surface area contributed by atoms with Crippen molar-refractivity contribution in [2.75, 3.05) is 0 Å².